The lowest BCUT2D eigenvalue weighted by molar-refractivity contribution is -0.135. The molecule has 9 rings (SSSR count). The van der Waals surface area contributed by atoms with E-state index in [0.29, 0.717) is 51.0 Å². The SMILES string of the molecule is CCc1cc(Nc2ncc(Br)c(Nc3cnc4ccccc4c3P(C)(C)=O)n2)c(OC)cc1N1CCC(N2CCN(CCc3ccc4c(F)nn(C5CCC(=O)NC5=O)c4c3)CC2)CC1. The molecule has 3 N–H and O–H groups in total. The Hall–Kier alpha value is -5.48. The number of hydrogen-bond acceptors (Lipinski definition) is 13. The van der Waals surface area contributed by atoms with Crippen molar-refractivity contribution in [3.8, 4) is 5.75 Å². The number of para-hydroxylation sites is 1. The van der Waals surface area contributed by atoms with E-state index in [2.05, 4.69) is 80.7 Å². The number of fused-ring (bicyclic) bond motifs is 2. The van der Waals surface area contributed by atoms with Gasteiger partial charge in [-0.3, -0.25) is 24.8 Å². The summed E-state index contributed by atoms with van der Waals surface area (Å²) in [6.07, 6.45) is 7.69. The van der Waals surface area contributed by atoms with Crippen LogP contribution in [0.3, 0.4) is 0 Å². The quantitative estimate of drug-likeness (QED) is 0.0777. The van der Waals surface area contributed by atoms with Crippen molar-refractivity contribution in [2.75, 3.05) is 81.8 Å². The molecule has 15 nitrogen and oxygen atoms in total. The van der Waals surface area contributed by atoms with Crippen LogP contribution in [0.1, 0.15) is 49.8 Å². The van der Waals surface area contributed by atoms with Crippen molar-refractivity contribution in [1.82, 2.24) is 39.8 Å². The molecule has 0 bridgehead atoms. The lowest BCUT2D eigenvalue weighted by Crippen LogP contribution is -2.53. The Labute approximate surface area is 386 Å². The summed E-state index contributed by atoms with van der Waals surface area (Å²) in [6, 6.07) is 17.4. The molecule has 65 heavy (non-hydrogen) atoms. The second-order valence-electron chi connectivity index (χ2n) is 17.5. The minimum atomic E-state index is -2.72. The van der Waals surface area contributed by atoms with Gasteiger partial charge in [0, 0.05) is 86.9 Å². The van der Waals surface area contributed by atoms with Crippen molar-refractivity contribution in [2.24, 2.45) is 0 Å². The van der Waals surface area contributed by atoms with Gasteiger partial charge in [-0.25, -0.2) is 9.67 Å². The summed E-state index contributed by atoms with van der Waals surface area (Å²) in [5.74, 6) is 0.230. The number of carbonyl (C=O) groups excluding carboxylic acids is 2. The zero-order valence-electron chi connectivity index (χ0n) is 37.1. The Morgan fingerprint density at radius 1 is 0.923 bits per heavy atom. The van der Waals surface area contributed by atoms with E-state index in [4.69, 9.17) is 9.72 Å². The predicted octanol–water partition coefficient (Wildman–Crippen LogP) is 7.39. The minimum Gasteiger partial charge on any atom is -0.494 e. The van der Waals surface area contributed by atoms with E-state index >= 15 is 0 Å². The van der Waals surface area contributed by atoms with Crippen LogP contribution in [0.5, 0.6) is 5.75 Å². The standard InChI is InChI=1S/C47H54BrFN11O4P/c1-5-30-25-36(53-47-51-27-34(48)45(55-47)52-37-28-50-35-9-7-6-8-32(35)43(37)65(3,4)63)41(64-2)26-39(30)59-18-15-31(16-19-59)58-22-20-57(21-23-58)17-14-29-10-11-33-40(24-29)60(56-44(33)49)38-12-13-42(61)54-46(38)62/h6-11,24-28,31,38H,5,12-23H2,1-4H3,(H,54,61,62)(H2,51,52,53,55). The van der Waals surface area contributed by atoms with Crippen LogP contribution < -0.4 is 30.9 Å². The first-order valence-corrected chi connectivity index (χ1v) is 25.7. The van der Waals surface area contributed by atoms with Gasteiger partial charge in [-0.2, -0.15) is 9.37 Å². The summed E-state index contributed by atoms with van der Waals surface area (Å²) in [5, 5.41) is 15.1. The Balaban J connectivity index is 0.807. The third-order valence-electron chi connectivity index (χ3n) is 13.0. The van der Waals surface area contributed by atoms with Crippen molar-refractivity contribution in [3.05, 3.63) is 88.5 Å². The molecule has 6 aromatic rings. The average Bonchev–Trinajstić information content (AvgIpc) is 3.63. The summed E-state index contributed by atoms with van der Waals surface area (Å²) in [5.41, 5.74) is 6.21. The molecule has 0 saturated carbocycles. The first-order chi connectivity index (χ1) is 31.4. The minimum absolute atomic E-state index is 0.205. The smallest absolute Gasteiger partial charge is 0.251 e. The van der Waals surface area contributed by atoms with Crippen LogP contribution in [0.25, 0.3) is 21.8 Å². The predicted molar refractivity (Wildman–Crippen MR) is 258 cm³/mol. The number of imide groups is 1. The van der Waals surface area contributed by atoms with Crippen LogP contribution in [-0.2, 0) is 27.0 Å². The summed E-state index contributed by atoms with van der Waals surface area (Å²) in [6.45, 7) is 12.5. The zero-order valence-corrected chi connectivity index (χ0v) is 39.6. The number of amides is 2. The number of rotatable bonds is 13. The molecular weight excluding hydrogens is 912 g/mol. The molecule has 6 heterocycles. The molecule has 1 unspecified atom stereocenters. The Bertz CT molecular complexity index is 2820. The number of anilines is 5. The van der Waals surface area contributed by atoms with E-state index in [9.17, 15) is 18.5 Å². The van der Waals surface area contributed by atoms with Crippen molar-refractivity contribution in [1.29, 1.82) is 0 Å². The number of piperazine rings is 1. The molecule has 3 saturated heterocycles. The lowest BCUT2D eigenvalue weighted by atomic mass is 9.99. The van der Waals surface area contributed by atoms with Gasteiger partial charge in [-0.1, -0.05) is 31.2 Å². The van der Waals surface area contributed by atoms with Gasteiger partial charge in [0.2, 0.25) is 17.8 Å². The third-order valence-corrected chi connectivity index (χ3v) is 15.1. The van der Waals surface area contributed by atoms with Gasteiger partial charge >= 0.3 is 0 Å². The van der Waals surface area contributed by atoms with Gasteiger partial charge in [0.05, 0.1) is 45.6 Å². The molecule has 1 atom stereocenters. The Kier molecular flexibility index (Phi) is 12.9. The largest absolute Gasteiger partial charge is 0.494 e. The molecule has 340 valence electrons. The summed E-state index contributed by atoms with van der Waals surface area (Å²) in [7, 11) is -1.04. The Morgan fingerprint density at radius 2 is 1.71 bits per heavy atom. The van der Waals surface area contributed by atoms with E-state index in [1.165, 1.54) is 15.9 Å². The summed E-state index contributed by atoms with van der Waals surface area (Å²) < 4.78 is 36.4. The number of nitrogens with zero attached hydrogens (tertiary/aromatic N) is 8. The fourth-order valence-corrected chi connectivity index (χ4v) is 11.3. The number of pyridine rings is 1. The van der Waals surface area contributed by atoms with E-state index in [0.717, 1.165) is 99.0 Å². The van der Waals surface area contributed by atoms with Crippen LogP contribution in [0, 0.1) is 5.95 Å². The number of benzene rings is 3. The number of hydrogen-bond donors (Lipinski definition) is 3. The molecule has 3 fully saturated rings. The van der Waals surface area contributed by atoms with Crippen molar-refractivity contribution in [2.45, 2.75) is 57.5 Å². The molecule has 3 aromatic carbocycles. The van der Waals surface area contributed by atoms with Crippen LogP contribution in [0.15, 0.2) is 71.5 Å². The fraction of sp³-hybridized carbons (Fsp3) is 0.404. The molecule has 3 aliphatic rings. The van der Waals surface area contributed by atoms with Crippen molar-refractivity contribution < 1.29 is 23.3 Å². The van der Waals surface area contributed by atoms with Crippen molar-refractivity contribution in [3.63, 3.8) is 0 Å². The second-order valence-corrected chi connectivity index (χ2v) is 21.5. The van der Waals surface area contributed by atoms with Gasteiger partial charge in [0.15, 0.2) is 0 Å². The maximum absolute atomic E-state index is 14.8. The normalized spacial score (nSPS) is 18.1. The van der Waals surface area contributed by atoms with E-state index < -0.39 is 25.0 Å². The van der Waals surface area contributed by atoms with Crippen molar-refractivity contribution >= 4 is 90.8 Å². The number of carbonyl (C=O) groups is 2. The van der Waals surface area contributed by atoms with Gasteiger partial charge < -0.3 is 29.7 Å². The van der Waals surface area contributed by atoms with Crippen LogP contribution in [0.4, 0.5) is 33.2 Å². The first-order valence-electron chi connectivity index (χ1n) is 22.3. The highest BCUT2D eigenvalue weighted by atomic mass is 79.9. The van der Waals surface area contributed by atoms with Gasteiger partial charge in [0.1, 0.15) is 24.8 Å². The number of aromatic nitrogens is 5. The molecule has 3 aliphatic heterocycles. The number of ether oxygens (including phenoxy) is 1. The molecular formula is C47H54BrFN11O4P. The average molecular weight is 967 g/mol. The summed E-state index contributed by atoms with van der Waals surface area (Å²) in [4.78, 5) is 45.9. The van der Waals surface area contributed by atoms with E-state index in [1.807, 2.05) is 36.4 Å². The molecule has 0 aliphatic carbocycles. The highest BCUT2D eigenvalue weighted by molar-refractivity contribution is 9.10. The molecule has 0 spiro atoms. The lowest BCUT2D eigenvalue weighted by Gasteiger charge is -2.43. The van der Waals surface area contributed by atoms with E-state index in [1.54, 1.807) is 38.9 Å². The fourth-order valence-electron chi connectivity index (χ4n) is 9.58. The highest BCUT2D eigenvalue weighted by Gasteiger charge is 2.32. The Morgan fingerprint density at radius 3 is 2.45 bits per heavy atom. The monoisotopic (exact) mass is 965 g/mol. The molecule has 18 heteroatoms. The molecule has 2 amide bonds. The van der Waals surface area contributed by atoms with Gasteiger partial charge in [-0.15, -0.1) is 5.10 Å². The number of piperidine rings is 2. The number of aryl methyl sites for hydroxylation is 1. The molecule has 3 aromatic heterocycles. The maximum Gasteiger partial charge on any atom is 0.251 e. The maximum atomic E-state index is 14.8. The number of halogens is 2. The topological polar surface area (TPSA) is 163 Å². The second kappa shape index (κ2) is 18.8. The van der Waals surface area contributed by atoms with E-state index in [-0.39, 0.29) is 12.3 Å². The molecule has 0 radical (unpaired) electrons. The highest BCUT2D eigenvalue weighted by Crippen LogP contribution is 2.42. The number of methoxy groups -OCH3 is 1. The van der Waals surface area contributed by atoms with Crippen LogP contribution in [0.2, 0.25) is 0 Å². The summed E-state index contributed by atoms with van der Waals surface area (Å²) >= 11 is 3.60. The van der Waals surface area contributed by atoms with Crippen LogP contribution >= 0.6 is 23.1 Å². The number of nitrogens with one attached hydrogen (secondary N) is 3. The zero-order chi connectivity index (χ0) is 45.4. The first kappa shape index (κ1) is 44.7. The van der Waals surface area contributed by atoms with Gasteiger partial charge in [0.25, 0.3) is 5.91 Å². The third kappa shape index (κ3) is 9.47. The van der Waals surface area contributed by atoms with Gasteiger partial charge in [-0.05, 0) is 96.8 Å². The van der Waals surface area contributed by atoms with Crippen LogP contribution in [-0.4, -0.2) is 119 Å².